The molecule has 0 radical (unpaired) electrons. The van der Waals surface area contributed by atoms with Crippen LogP contribution in [0.1, 0.15) is 34.7 Å². The lowest BCUT2D eigenvalue weighted by molar-refractivity contribution is 0.867. The first-order valence-corrected chi connectivity index (χ1v) is 7.23. The topological polar surface area (TPSA) is 26.0 Å². The average Bonchev–Trinajstić information content (AvgIpc) is 2.85. The van der Waals surface area contributed by atoms with E-state index in [1.165, 1.54) is 24.0 Å². The van der Waals surface area contributed by atoms with Crippen LogP contribution >= 0.6 is 23.2 Å². The van der Waals surface area contributed by atoms with Gasteiger partial charge in [-0.2, -0.15) is 0 Å². The molecule has 0 amide bonds. The summed E-state index contributed by atoms with van der Waals surface area (Å²) in [6.07, 6.45) is 3.56. The molecule has 0 aromatic heterocycles. The van der Waals surface area contributed by atoms with Gasteiger partial charge in [0.1, 0.15) is 0 Å². The van der Waals surface area contributed by atoms with Crippen LogP contribution < -0.4 is 5.73 Å². The van der Waals surface area contributed by atoms with Gasteiger partial charge in [0.25, 0.3) is 0 Å². The standard InChI is InChI=1S/C16H15Cl2N/c17-13-5-2-6-14(18)15(13)16(19)12-8-7-10-3-1-4-11(10)9-12/h2,5-9,16H,1,3-4,19H2. The van der Waals surface area contributed by atoms with E-state index in [1.807, 2.05) is 18.2 Å². The fourth-order valence-corrected chi connectivity index (χ4v) is 3.39. The maximum absolute atomic E-state index is 6.34. The van der Waals surface area contributed by atoms with Crippen molar-refractivity contribution in [2.24, 2.45) is 5.73 Å². The lowest BCUT2D eigenvalue weighted by atomic mass is 9.96. The van der Waals surface area contributed by atoms with Gasteiger partial charge in [-0.15, -0.1) is 0 Å². The average molecular weight is 292 g/mol. The number of benzene rings is 2. The Morgan fingerprint density at radius 1 is 0.947 bits per heavy atom. The zero-order chi connectivity index (χ0) is 13.4. The molecule has 0 saturated carbocycles. The van der Waals surface area contributed by atoms with E-state index in [1.54, 1.807) is 0 Å². The van der Waals surface area contributed by atoms with Gasteiger partial charge in [-0.05, 0) is 48.1 Å². The minimum absolute atomic E-state index is 0.271. The molecule has 2 aromatic carbocycles. The van der Waals surface area contributed by atoms with Gasteiger partial charge in [-0.1, -0.05) is 47.5 Å². The second-order valence-corrected chi connectivity index (χ2v) is 5.81. The highest BCUT2D eigenvalue weighted by Gasteiger charge is 2.18. The third-order valence-corrected chi connectivity index (χ3v) is 4.45. The number of nitrogens with two attached hydrogens (primary N) is 1. The molecule has 2 N–H and O–H groups in total. The SMILES string of the molecule is NC(c1ccc2c(c1)CCC2)c1c(Cl)cccc1Cl. The Morgan fingerprint density at radius 3 is 2.37 bits per heavy atom. The number of halogens is 2. The monoisotopic (exact) mass is 291 g/mol. The molecule has 0 aliphatic heterocycles. The van der Waals surface area contributed by atoms with Crippen LogP contribution in [0.3, 0.4) is 0 Å². The first-order valence-electron chi connectivity index (χ1n) is 6.48. The molecule has 3 rings (SSSR count). The summed E-state index contributed by atoms with van der Waals surface area (Å²) in [5.41, 5.74) is 11.1. The van der Waals surface area contributed by atoms with Crippen LogP contribution in [0.5, 0.6) is 0 Å². The Hall–Kier alpha value is -1.02. The van der Waals surface area contributed by atoms with Gasteiger partial charge in [0.05, 0.1) is 6.04 Å². The van der Waals surface area contributed by atoms with Crippen LogP contribution in [0.2, 0.25) is 10.0 Å². The molecule has 0 fully saturated rings. The third-order valence-electron chi connectivity index (χ3n) is 3.79. The summed E-state index contributed by atoms with van der Waals surface area (Å²) in [4.78, 5) is 0. The Bertz CT molecular complexity index is 602. The first kappa shape index (κ1) is 13.0. The number of fused-ring (bicyclic) bond motifs is 1. The highest BCUT2D eigenvalue weighted by atomic mass is 35.5. The van der Waals surface area contributed by atoms with Crippen molar-refractivity contribution in [2.45, 2.75) is 25.3 Å². The lowest BCUT2D eigenvalue weighted by Gasteiger charge is -2.17. The van der Waals surface area contributed by atoms with Crippen molar-refractivity contribution in [3.8, 4) is 0 Å². The summed E-state index contributed by atoms with van der Waals surface area (Å²) in [5.74, 6) is 0. The Labute approximate surface area is 123 Å². The lowest BCUT2D eigenvalue weighted by Crippen LogP contribution is -2.13. The van der Waals surface area contributed by atoms with E-state index in [0.717, 1.165) is 17.5 Å². The molecule has 2 aromatic rings. The van der Waals surface area contributed by atoms with Crippen LogP contribution in [0.25, 0.3) is 0 Å². The van der Waals surface area contributed by atoms with E-state index in [2.05, 4.69) is 18.2 Å². The normalized spacial score (nSPS) is 15.3. The number of hydrogen-bond acceptors (Lipinski definition) is 1. The van der Waals surface area contributed by atoms with Crippen molar-refractivity contribution in [1.82, 2.24) is 0 Å². The largest absolute Gasteiger partial charge is 0.320 e. The molecule has 0 saturated heterocycles. The smallest absolute Gasteiger partial charge is 0.0581 e. The van der Waals surface area contributed by atoms with E-state index in [9.17, 15) is 0 Å². The molecule has 1 atom stereocenters. The summed E-state index contributed by atoms with van der Waals surface area (Å²) >= 11 is 12.5. The van der Waals surface area contributed by atoms with Gasteiger partial charge < -0.3 is 5.73 Å². The number of rotatable bonds is 2. The summed E-state index contributed by atoms with van der Waals surface area (Å²) in [5, 5.41) is 1.25. The summed E-state index contributed by atoms with van der Waals surface area (Å²) in [7, 11) is 0. The van der Waals surface area contributed by atoms with Crippen LogP contribution in [0.15, 0.2) is 36.4 Å². The summed E-state index contributed by atoms with van der Waals surface area (Å²) < 4.78 is 0. The first-order chi connectivity index (χ1) is 9.16. The molecule has 19 heavy (non-hydrogen) atoms. The molecule has 0 heterocycles. The van der Waals surface area contributed by atoms with Gasteiger partial charge >= 0.3 is 0 Å². The van der Waals surface area contributed by atoms with Crippen molar-refractivity contribution in [1.29, 1.82) is 0 Å². The molecular formula is C16H15Cl2N. The van der Waals surface area contributed by atoms with Gasteiger partial charge in [0.15, 0.2) is 0 Å². The van der Waals surface area contributed by atoms with Crippen molar-refractivity contribution >= 4 is 23.2 Å². The van der Waals surface area contributed by atoms with E-state index in [-0.39, 0.29) is 6.04 Å². The van der Waals surface area contributed by atoms with Crippen LogP contribution in [-0.4, -0.2) is 0 Å². The van der Waals surface area contributed by atoms with Gasteiger partial charge in [0, 0.05) is 15.6 Å². The van der Waals surface area contributed by atoms with Crippen LogP contribution in [0, 0.1) is 0 Å². The van der Waals surface area contributed by atoms with Gasteiger partial charge in [-0.25, -0.2) is 0 Å². The Kier molecular flexibility index (Phi) is 3.53. The van der Waals surface area contributed by atoms with E-state index in [0.29, 0.717) is 10.0 Å². The fraction of sp³-hybridized carbons (Fsp3) is 0.250. The quantitative estimate of drug-likeness (QED) is 0.864. The van der Waals surface area contributed by atoms with Gasteiger partial charge in [-0.3, -0.25) is 0 Å². The van der Waals surface area contributed by atoms with E-state index in [4.69, 9.17) is 28.9 Å². The van der Waals surface area contributed by atoms with E-state index < -0.39 is 0 Å². The van der Waals surface area contributed by atoms with Crippen LogP contribution in [-0.2, 0) is 12.8 Å². The predicted molar refractivity (Wildman–Crippen MR) is 81.0 cm³/mol. The molecule has 1 nitrogen and oxygen atoms in total. The fourth-order valence-electron chi connectivity index (χ4n) is 2.76. The Morgan fingerprint density at radius 2 is 1.63 bits per heavy atom. The number of hydrogen-bond donors (Lipinski definition) is 1. The molecule has 1 aliphatic rings. The molecular weight excluding hydrogens is 277 g/mol. The second kappa shape index (κ2) is 5.16. The number of aryl methyl sites for hydroxylation is 2. The maximum Gasteiger partial charge on any atom is 0.0581 e. The predicted octanol–water partition coefficient (Wildman–Crippen LogP) is 4.53. The molecule has 98 valence electrons. The molecule has 1 aliphatic carbocycles. The summed E-state index contributed by atoms with van der Waals surface area (Å²) in [6, 6.07) is 11.7. The third kappa shape index (κ3) is 2.38. The van der Waals surface area contributed by atoms with Crippen molar-refractivity contribution in [2.75, 3.05) is 0 Å². The van der Waals surface area contributed by atoms with Crippen molar-refractivity contribution in [3.05, 3.63) is 68.7 Å². The highest BCUT2D eigenvalue weighted by molar-refractivity contribution is 6.36. The zero-order valence-corrected chi connectivity index (χ0v) is 12.0. The second-order valence-electron chi connectivity index (χ2n) is 4.99. The minimum Gasteiger partial charge on any atom is -0.320 e. The minimum atomic E-state index is -0.271. The molecule has 1 unspecified atom stereocenters. The maximum atomic E-state index is 6.34. The molecule has 3 heteroatoms. The van der Waals surface area contributed by atoms with Crippen molar-refractivity contribution < 1.29 is 0 Å². The Balaban J connectivity index is 2.02. The van der Waals surface area contributed by atoms with Gasteiger partial charge in [0.2, 0.25) is 0 Å². The molecule has 0 bridgehead atoms. The summed E-state index contributed by atoms with van der Waals surface area (Å²) in [6.45, 7) is 0. The zero-order valence-electron chi connectivity index (χ0n) is 10.5. The molecule has 0 spiro atoms. The van der Waals surface area contributed by atoms with Crippen molar-refractivity contribution in [3.63, 3.8) is 0 Å². The van der Waals surface area contributed by atoms with Crippen LogP contribution in [0.4, 0.5) is 0 Å². The van der Waals surface area contributed by atoms with E-state index >= 15 is 0 Å². The highest BCUT2D eigenvalue weighted by Crippen LogP contribution is 2.34.